The van der Waals surface area contributed by atoms with Gasteiger partial charge in [-0.3, -0.25) is 9.69 Å². The van der Waals surface area contributed by atoms with E-state index in [4.69, 9.17) is 4.52 Å². The molecule has 1 fully saturated rings. The Morgan fingerprint density at radius 2 is 2.21 bits per heavy atom. The second-order valence-electron chi connectivity index (χ2n) is 6.14. The second kappa shape index (κ2) is 7.55. The van der Waals surface area contributed by atoms with Crippen LogP contribution in [0.2, 0.25) is 0 Å². The number of carbonyl (C=O) groups is 1. The summed E-state index contributed by atoms with van der Waals surface area (Å²) in [5.41, 5.74) is 1.88. The van der Waals surface area contributed by atoms with E-state index in [1.807, 2.05) is 29.2 Å². The van der Waals surface area contributed by atoms with Gasteiger partial charge in [-0.15, -0.1) is 0 Å². The Kier molecular flexibility index (Phi) is 5.22. The molecule has 0 bridgehead atoms. The summed E-state index contributed by atoms with van der Waals surface area (Å²) in [6.45, 7) is 4.00. The maximum Gasteiger partial charge on any atom is 0.234 e. The van der Waals surface area contributed by atoms with Crippen LogP contribution in [0.3, 0.4) is 0 Å². The van der Waals surface area contributed by atoms with Crippen molar-refractivity contribution in [3.8, 4) is 11.4 Å². The lowest BCUT2D eigenvalue weighted by Gasteiger charge is -2.29. The summed E-state index contributed by atoms with van der Waals surface area (Å²) in [4.78, 5) is 18.2. The smallest absolute Gasteiger partial charge is 0.234 e. The van der Waals surface area contributed by atoms with Crippen LogP contribution in [0.1, 0.15) is 24.3 Å². The van der Waals surface area contributed by atoms with Crippen LogP contribution >= 0.6 is 0 Å². The molecule has 0 unspecified atom stereocenters. The first kappa shape index (κ1) is 16.6. The normalized spacial score (nSPS) is 18.5. The minimum Gasteiger partial charge on any atom is -0.392 e. The highest BCUT2D eigenvalue weighted by Crippen LogP contribution is 2.16. The van der Waals surface area contributed by atoms with Crippen LogP contribution in [0.25, 0.3) is 11.4 Å². The van der Waals surface area contributed by atoms with Crippen molar-refractivity contribution >= 4 is 5.91 Å². The molecule has 7 nitrogen and oxygen atoms in total. The third kappa shape index (κ3) is 4.39. The number of aromatic nitrogens is 2. The van der Waals surface area contributed by atoms with Gasteiger partial charge in [-0.2, -0.15) is 4.98 Å². The molecule has 7 heteroatoms. The molecule has 1 aromatic carbocycles. The largest absolute Gasteiger partial charge is 0.392 e. The summed E-state index contributed by atoms with van der Waals surface area (Å²) >= 11 is 0. The van der Waals surface area contributed by atoms with Crippen molar-refractivity contribution in [2.45, 2.75) is 32.4 Å². The summed E-state index contributed by atoms with van der Waals surface area (Å²) in [6.07, 6.45) is 1.45. The summed E-state index contributed by atoms with van der Waals surface area (Å²) in [5, 5.41) is 16.4. The van der Waals surface area contributed by atoms with Gasteiger partial charge in [-0.25, -0.2) is 0 Å². The number of aliphatic hydroxyl groups excluding tert-OH is 1. The molecule has 2 N–H and O–H groups in total. The fraction of sp³-hybridized carbons (Fsp3) is 0.471. The first-order chi connectivity index (χ1) is 11.6. The predicted octanol–water partition coefficient (Wildman–Crippen LogP) is 1.12. The number of hydrogen-bond acceptors (Lipinski definition) is 6. The van der Waals surface area contributed by atoms with Crippen LogP contribution < -0.4 is 5.32 Å². The minimum atomic E-state index is -0.312. The molecule has 0 spiro atoms. The Hall–Kier alpha value is -2.25. The van der Waals surface area contributed by atoms with E-state index in [9.17, 15) is 9.90 Å². The van der Waals surface area contributed by atoms with E-state index in [0.717, 1.165) is 30.5 Å². The van der Waals surface area contributed by atoms with Gasteiger partial charge in [-0.1, -0.05) is 29.4 Å². The second-order valence-corrected chi connectivity index (χ2v) is 6.14. The molecule has 2 aromatic rings. The average molecular weight is 330 g/mol. The molecule has 1 amide bonds. The van der Waals surface area contributed by atoms with Gasteiger partial charge in [0.1, 0.15) is 0 Å². The van der Waals surface area contributed by atoms with Crippen molar-refractivity contribution < 1.29 is 14.4 Å². The van der Waals surface area contributed by atoms with Gasteiger partial charge in [-0.05, 0) is 24.9 Å². The lowest BCUT2D eigenvalue weighted by Crippen LogP contribution is -2.44. The minimum absolute atomic E-state index is 0.0260. The quantitative estimate of drug-likeness (QED) is 0.853. The fourth-order valence-electron chi connectivity index (χ4n) is 2.82. The summed E-state index contributed by atoms with van der Waals surface area (Å²) < 4.78 is 4.97. The van der Waals surface area contributed by atoms with E-state index in [2.05, 4.69) is 15.5 Å². The zero-order valence-electron chi connectivity index (χ0n) is 13.7. The van der Waals surface area contributed by atoms with E-state index in [1.54, 1.807) is 6.92 Å². The van der Waals surface area contributed by atoms with Crippen LogP contribution in [-0.4, -0.2) is 51.8 Å². The molecule has 1 aliphatic rings. The lowest BCUT2D eigenvalue weighted by atomic mass is 10.1. The number of nitrogens with zero attached hydrogens (tertiary/aromatic N) is 3. The highest BCUT2D eigenvalue weighted by Gasteiger charge is 2.19. The van der Waals surface area contributed by atoms with Crippen molar-refractivity contribution in [1.82, 2.24) is 20.4 Å². The fourth-order valence-corrected chi connectivity index (χ4v) is 2.82. The van der Waals surface area contributed by atoms with Crippen LogP contribution in [0.5, 0.6) is 0 Å². The number of nitrogens with one attached hydrogen (secondary N) is 1. The van der Waals surface area contributed by atoms with E-state index in [-0.39, 0.29) is 12.0 Å². The third-order valence-electron chi connectivity index (χ3n) is 4.08. The SMILES string of the molecule is Cc1nc(-c2ccc(CNC(=O)CN3CCC[C@H](O)C3)cc2)no1. The number of amides is 1. The van der Waals surface area contributed by atoms with Gasteiger partial charge in [0.2, 0.25) is 17.6 Å². The Morgan fingerprint density at radius 1 is 1.42 bits per heavy atom. The molecule has 1 saturated heterocycles. The Balaban J connectivity index is 1.48. The van der Waals surface area contributed by atoms with Crippen molar-refractivity contribution in [3.63, 3.8) is 0 Å². The Labute approximate surface area is 140 Å². The van der Waals surface area contributed by atoms with Crippen molar-refractivity contribution in [1.29, 1.82) is 0 Å². The van der Waals surface area contributed by atoms with Crippen LogP contribution in [0, 0.1) is 6.92 Å². The molecule has 0 aliphatic carbocycles. The molecule has 1 atom stereocenters. The molecule has 0 saturated carbocycles. The molecule has 24 heavy (non-hydrogen) atoms. The first-order valence-corrected chi connectivity index (χ1v) is 8.17. The first-order valence-electron chi connectivity index (χ1n) is 8.17. The molecule has 128 valence electrons. The summed E-state index contributed by atoms with van der Waals surface area (Å²) in [6, 6.07) is 7.69. The number of aryl methyl sites for hydroxylation is 1. The van der Waals surface area contributed by atoms with E-state index in [0.29, 0.717) is 31.3 Å². The standard InChI is InChI=1S/C17H22N4O3/c1-12-19-17(20-24-12)14-6-4-13(5-7-14)9-18-16(23)11-21-8-2-3-15(22)10-21/h4-7,15,22H,2-3,8-11H2,1H3,(H,18,23)/t15-/m0/s1. The maximum absolute atomic E-state index is 12.0. The third-order valence-corrected chi connectivity index (χ3v) is 4.08. The molecular formula is C17H22N4O3. The number of piperidine rings is 1. The maximum atomic E-state index is 12.0. The average Bonchev–Trinajstić information content (AvgIpc) is 3.00. The van der Waals surface area contributed by atoms with Gasteiger partial charge in [0, 0.05) is 25.6 Å². The number of benzene rings is 1. The number of likely N-dealkylation sites (tertiary alicyclic amines) is 1. The summed E-state index contributed by atoms with van der Waals surface area (Å²) in [7, 11) is 0. The predicted molar refractivity (Wildman–Crippen MR) is 88.0 cm³/mol. The van der Waals surface area contributed by atoms with Gasteiger partial charge < -0.3 is 14.9 Å². The van der Waals surface area contributed by atoms with Crippen molar-refractivity contribution in [3.05, 3.63) is 35.7 Å². The zero-order chi connectivity index (χ0) is 16.9. The monoisotopic (exact) mass is 330 g/mol. The van der Waals surface area contributed by atoms with E-state index >= 15 is 0 Å². The van der Waals surface area contributed by atoms with Crippen LogP contribution in [-0.2, 0) is 11.3 Å². The molecule has 0 radical (unpaired) electrons. The number of hydrogen-bond donors (Lipinski definition) is 2. The Morgan fingerprint density at radius 3 is 2.88 bits per heavy atom. The van der Waals surface area contributed by atoms with E-state index < -0.39 is 0 Å². The Bertz CT molecular complexity index is 683. The number of β-amino-alcohol motifs (C(OH)–C–C–N with tert-alkyl or cyclic N) is 1. The van der Waals surface area contributed by atoms with Crippen LogP contribution in [0.4, 0.5) is 0 Å². The van der Waals surface area contributed by atoms with Gasteiger partial charge in [0.05, 0.1) is 12.6 Å². The highest BCUT2D eigenvalue weighted by molar-refractivity contribution is 5.78. The topological polar surface area (TPSA) is 91.5 Å². The lowest BCUT2D eigenvalue weighted by molar-refractivity contribution is -0.123. The number of rotatable bonds is 5. The number of aliphatic hydroxyl groups is 1. The van der Waals surface area contributed by atoms with Gasteiger partial charge >= 0.3 is 0 Å². The molecule has 3 rings (SSSR count). The summed E-state index contributed by atoms with van der Waals surface area (Å²) in [5.74, 6) is 1.07. The number of carbonyl (C=O) groups excluding carboxylic acids is 1. The van der Waals surface area contributed by atoms with Gasteiger partial charge in [0.25, 0.3) is 0 Å². The van der Waals surface area contributed by atoms with Crippen molar-refractivity contribution in [2.24, 2.45) is 0 Å². The highest BCUT2D eigenvalue weighted by atomic mass is 16.5. The molecule has 2 heterocycles. The van der Waals surface area contributed by atoms with Gasteiger partial charge in [0.15, 0.2) is 0 Å². The molecular weight excluding hydrogens is 308 g/mol. The van der Waals surface area contributed by atoms with E-state index in [1.165, 1.54) is 0 Å². The molecule has 1 aliphatic heterocycles. The molecule has 1 aromatic heterocycles. The van der Waals surface area contributed by atoms with Crippen LogP contribution in [0.15, 0.2) is 28.8 Å². The zero-order valence-corrected chi connectivity index (χ0v) is 13.7. The van der Waals surface area contributed by atoms with Crippen molar-refractivity contribution in [2.75, 3.05) is 19.6 Å².